The molecule has 9 heteroatoms. The van der Waals surface area contributed by atoms with Gasteiger partial charge in [0, 0.05) is 24.2 Å². The number of carbonyl (C=O) groups excluding carboxylic acids is 3. The number of ketones is 2. The van der Waals surface area contributed by atoms with Crippen LogP contribution in [0.2, 0.25) is 0 Å². The molecule has 4 aliphatic rings. The summed E-state index contributed by atoms with van der Waals surface area (Å²) in [5.74, 6) is -1.80. The molecule has 23 heavy (non-hydrogen) atoms. The fourth-order valence-electron chi connectivity index (χ4n) is 4.23. The topological polar surface area (TPSA) is 139 Å². The van der Waals surface area contributed by atoms with Crippen LogP contribution < -0.4 is 11.5 Å². The van der Waals surface area contributed by atoms with Crippen LogP contribution in [0.1, 0.15) is 0 Å². The molecule has 122 valence electrons. The number of Topliss-reactive ketones (excluding diaryl/α,β-unsaturated/α-hetero) is 1. The van der Waals surface area contributed by atoms with Crippen molar-refractivity contribution in [2.24, 2.45) is 17.4 Å². The standard InChI is InChI=1S/C14H16N4O5/c1-17-7-3-18-10-8(19)2-6(15)11(20)9(10)5(4-23-13(16)21)14(18,22)12(7)17/h2,5,7,12,22H,3-4,15H2,1H3,(H2,16,21)/t5-,7-,12-,14+,17?/m0/s1. The molecule has 1 unspecified atom stereocenters. The molecule has 4 rings (SSSR count). The summed E-state index contributed by atoms with van der Waals surface area (Å²) < 4.78 is 4.84. The molecule has 0 aromatic heterocycles. The van der Waals surface area contributed by atoms with Gasteiger partial charge >= 0.3 is 6.09 Å². The second-order valence-corrected chi connectivity index (χ2v) is 6.31. The van der Waals surface area contributed by atoms with Crippen molar-refractivity contribution >= 4 is 17.7 Å². The first-order valence-corrected chi connectivity index (χ1v) is 7.23. The minimum Gasteiger partial charge on any atom is -0.449 e. The summed E-state index contributed by atoms with van der Waals surface area (Å²) in [6, 6.07) is -0.146. The van der Waals surface area contributed by atoms with Crippen LogP contribution in [0.5, 0.6) is 0 Å². The molecule has 9 nitrogen and oxygen atoms in total. The van der Waals surface area contributed by atoms with E-state index in [-0.39, 0.29) is 35.7 Å². The van der Waals surface area contributed by atoms with Gasteiger partial charge in [0.05, 0.1) is 23.4 Å². The van der Waals surface area contributed by atoms with Crippen LogP contribution in [-0.2, 0) is 14.3 Å². The second-order valence-electron chi connectivity index (χ2n) is 6.31. The van der Waals surface area contributed by atoms with Crippen molar-refractivity contribution in [2.45, 2.75) is 17.8 Å². The lowest BCUT2D eigenvalue weighted by molar-refractivity contribution is -0.126. The highest BCUT2D eigenvalue weighted by Crippen LogP contribution is 2.56. The van der Waals surface area contributed by atoms with E-state index in [1.54, 1.807) is 4.90 Å². The Balaban J connectivity index is 1.80. The molecule has 1 amide bonds. The zero-order valence-electron chi connectivity index (χ0n) is 12.4. The minimum atomic E-state index is -1.48. The molecule has 0 aromatic carbocycles. The molecule has 0 bridgehead atoms. The first kappa shape index (κ1) is 14.2. The molecule has 3 heterocycles. The Kier molecular flexibility index (Phi) is 2.55. The van der Waals surface area contributed by atoms with Crippen molar-refractivity contribution in [2.75, 3.05) is 20.2 Å². The highest BCUT2D eigenvalue weighted by atomic mass is 16.5. The fourth-order valence-corrected chi connectivity index (χ4v) is 4.23. The number of allylic oxidation sites excluding steroid dienone is 2. The van der Waals surface area contributed by atoms with Crippen LogP contribution in [0, 0.1) is 5.92 Å². The third-order valence-electron chi connectivity index (χ3n) is 5.28. The van der Waals surface area contributed by atoms with E-state index in [1.165, 1.54) is 0 Å². The number of nitrogens with two attached hydrogens (primary N) is 2. The van der Waals surface area contributed by atoms with Gasteiger partial charge in [0.15, 0.2) is 5.72 Å². The van der Waals surface area contributed by atoms with E-state index in [4.69, 9.17) is 16.2 Å². The summed E-state index contributed by atoms with van der Waals surface area (Å²) in [7, 11) is 1.85. The van der Waals surface area contributed by atoms with Crippen LogP contribution in [0.25, 0.3) is 0 Å². The molecule has 0 saturated carbocycles. The van der Waals surface area contributed by atoms with Gasteiger partial charge < -0.3 is 26.2 Å². The van der Waals surface area contributed by atoms with Gasteiger partial charge in [0.2, 0.25) is 11.6 Å². The van der Waals surface area contributed by atoms with Crippen molar-refractivity contribution in [3.05, 3.63) is 23.0 Å². The van der Waals surface area contributed by atoms with Crippen molar-refractivity contribution in [3.8, 4) is 0 Å². The Morgan fingerprint density at radius 3 is 2.87 bits per heavy atom. The van der Waals surface area contributed by atoms with Gasteiger partial charge in [-0.2, -0.15) is 0 Å². The lowest BCUT2D eigenvalue weighted by atomic mass is 9.84. The number of carbonyl (C=O) groups is 3. The van der Waals surface area contributed by atoms with Crippen molar-refractivity contribution in [1.82, 2.24) is 9.80 Å². The minimum absolute atomic E-state index is 0.0938. The summed E-state index contributed by atoms with van der Waals surface area (Å²) in [5, 5.41) is 11.3. The zero-order valence-corrected chi connectivity index (χ0v) is 12.4. The lowest BCUT2D eigenvalue weighted by Crippen LogP contribution is -2.53. The van der Waals surface area contributed by atoms with Gasteiger partial charge in [-0.1, -0.05) is 0 Å². The van der Waals surface area contributed by atoms with E-state index in [0.717, 1.165) is 6.08 Å². The number of rotatable bonds is 2. The predicted molar refractivity (Wildman–Crippen MR) is 75.3 cm³/mol. The van der Waals surface area contributed by atoms with E-state index < -0.39 is 29.3 Å². The average molecular weight is 320 g/mol. The highest BCUT2D eigenvalue weighted by Gasteiger charge is 2.74. The van der Waals surface area contributed by atoms with Crippen molar-refractivity contribution in [1.29, 1.82) is 0 Å². The number of amides is 1. The van der Waals surface area contributed by atoms with Gasteiger partial charge in [-0.3, -0.25) is 14.5 Å². The first-order chi connectivity index (χ1) is 10.8. The van der Waals surface area contributed by atoms with E-state index in [9.17, 15) is 19.5 Å². The number of hydrogen-bond acceptors (Lipinski definition) is 8. The van der Waals surface area contributed by atoms with Crippen molar-refractivity contribution < 1.29 is 24.2 Å². The Morgan fingerprint density at radius 1 is 1.52 bits per heavy atom. The third-order valence-corrected chi connectivity index (χ3v) is 5.28. The lowest BCUT2D eigenvalue weighted by Gasteiger charge is -2.37. The number of ether oxygens (including phenoxy) is 1. The highest BCUT2D eigenvalue weighted by molar-refractivity contribution is 6.23. The van der Waals surface area contributed by atoms with Gasteiger partial charge in [-0.15, -0.1) is 0 Å². The molecule has 5 N–H and O–H groups in total. The molecule has 3 aliphatic heterocycles. The number of primary amides is 1. The Morgan fingerprint density at radius 2 is 2.22 bits per heavy atom. The molecule has 2 saturated heterocycles. The Labute approximate surface area is 131 Å². The largest absolute Gasteiger partial charge is 0.449 e. The van der Waals surface area contributed by atoms with Gasteiger partial charge in [-0.25, -0.2) is 4.79 Å². The quantitative estimate of drug-likeness (QED) is 0.379. The smallest absolute Gasteiger partial charge is 0.404 e. The monoisotopic (exact) mass is 320 g/mol. The molecule has 0 radical (unpaired) electrons. The maximum absolute atomic E-state index is 12.5. The molecule has 0 spiro atoms. The molecular weight excluding hydrogens is 304 g/mol. The normalized spacial score (nSPS) is 40.6. The van der Waals surface area contributed by atoms with Crippen LogP contribution in [-0.4, -0.2) is 70.6 Å². The number of piperazine rings is 1. The number of aliphatic hydroxyl groups is 1. The van der Waals surface area contributed by atoms with Gasteiger partial charge in [0.25, 0.3) is 0 Å². The predicted octanol–water partition coefficient (Wildman–Crippen LogP) is -2.35. The van der Waals surface area contributed by atoms with Crippen LogP contribution in [0.15, 0.2) is 23.0 Å². The summed E-state index contributed by atoms with van der Waals surface area (Å²) in [6.45, 7) is 0.140. The van der Waals surface area contributed by atoms with Crippen LogP contribution in [0.4, 0.5) is 4.79 Å². The Bertz CT molecular complexity index is 729. The Hall–Kier alpha value is -2.39. The fraction of sp³-hybridized carbons (Fsp3) is 0.500. The number of likely N-dealkylation sites (N-methyl/N-ethyl adjacent to an activating group) is 1. The summed E-state index contributed by atoms with van der Waals surface area (Å²) in [5.41, 5.74) is 9.24. The SMILES string of the molecule is CN1[C@H]2[C@@H]1CN1C3=C(C(=O)C(N)=CC3=O)[C@H](COC(N)=O)[C@@]21O. The van der Waals surface area contributed by atoms with E-state index in [1.807, 2.05) is 11.9 Å². The summed E-state index contributed by atoms with van der Waals surface area (Å²) in [4.78, 5) is 39.3. The van der Waals surface area contributed by atoms with E-state index >= 15 is 0 Å². The summed E-state index contributed by atoms with van der Waals surface area (Å²) >= 11 is 0. The molecule has 1 aliphatic carbocycles. The van der Waals surface area contributed by atoms with Crippen molar-refractivity contribution in [3.63, 3.8) is 0 Å². The summed E-state index contributed by atoms with van der Waals surface area (Å²) in [6.07, 6.45) is 0.0676. The molecule has 5 atom stereocenters. The second kappa shape index (κ2) is 4.12. The van der Waals surface area contributed by atoms with E-state index in [2.05, 4.69) is 0 Å². The van der Waals surface area contributed by atoms with Crippen LogP contribution >= 0.6 is 0 Å². The maximum atomic E-state index is 12.5. The molecule has 2 fully saturated rings. The third kappa shape index (κ3) is 1.55. The average Bonchev–Trinajstić information content (AvgIpc) is 2.87. The molecule has 0 aromatic rings. The van der Waals surface area contributed by atoms with E-state index in [0.29, 0.717) is 6.54 Å². The van der Waals surface area contributed by atoms with Gasteiger partial charge in [-0.05, 0) is 7.05 Å². The maximum Gasteiger partial charge on any atom is 0.404 e. The number of nitrogens with zero attached hydrogens (tertiary/aromatic N) is 2. The number of fused-ring (bicyclic) bond motifs is 4. The van der Waals surface area contributed by atoms with Gasteiger partial charge in [0.1, 0.15) is 6.61 Å². The molecular formula is C14H16N4O5. The zero-order chi connectivity index (χ0) is 16.7. The number of hydrogen-bond donors (Lipinski definition) is 3. The van der Waals surface area contributed by atoms with Crippen LogP contribution in [0.3, 0.4) is 0 Å². The first-order valence-electron chi connectivity index (χ1n) is 7.23.